The summed E-state index contributed by atoms with van der Waals surface area (Å²) in [4.78, 5) is 40.6. The molecule has 10 heteroatoms. The maximum absolute atomic E-state index is 13.1. The first-order chi connectivity index (χ1) is 16.7. The zero-order chi connectivity index (χ0) is 26.1. The van der Waals surface area contributed by atoms with Crippen molar-refractivity contribution in [3.8, 4) is 5.75 Å². The number of phenols is 1. The molecule has 0 aliphatic carbocycles. The van der Waals surface area contributed by atoms with E-state index in [0.717, 1.165) is 43.7 Å². The summed E-state index contributed by atoms with van der Waals surface area (Å²) < 4.78 is 0. The van der Waals surface area contributed by atoms with Crippen LogP contribution in [-0.2, 0) is 20.8 Å². The highest BCUT2D eigenvalue weighted by molar-refractivity contribution is 5.88. The minimum Gasteiger partial charge on any atom is -0.508 e. The number of nitrogens with zero attached hydrogens (tertiary/aromatic N) is 1. The molecule has 0 aliphatic rings. The lowest BCUT2D eigenvalue weighted by molar-refractivity contribution is -0.131. The summed E-state index contributed by atoms with van der Waals surface area (Å²) in [7, 11) is 0. The average Bonchev–Trinajstić information content (AvgIpc) is 2.80. The molecule has 2 atom stereocenters. The molecule has 194 valence electrons. The van der Waals surface area contributed by atoms with E-state index < -0.39 is 24.0 Å². The number of nitrogens with two attached hydrogens (primary N) is 2. The molecule has 0 unspecified atom stereocenters. The van der Waals surface area contributed by atoms with E-state index in [4.69, 9.17) is 16.6 Å². The van der Waals surface area contributed by atoms with Crippen LogP contribution in [0.25, 0.3) is 0 Å². The van der Waals surface area contributed by atoms with Gasteiger partial charge in [0, 0.05) is 31.5 Å². The number of aliphatic imine (C=N–C) groups is 1. The van der Waals surface area contributed by atoms with Crippen molar-refractivity contribution in [2.45, 2.75) is 76.8 Å². The van der Waals surface area contributed by atoms with Gasteiger partial charge in [-0.2, -0.15) is 0 Å². The number of benzene rings is 1. The topological polar surface area (TPSA) is 180 Å². The van der Waals surface area contributed by atoms with Crippen LogP contribution in [0.15, 0.2) is 41.4 Å². The van der Waals surface area contributed by atoms with Crippen molar-refractivity contribution < 1.29 is 24.6 Å². The van der Waals surface area contributed by atoms with Gasteiger partial charge < -0.3 is 32.3 Å². The lowest BCUT2D eigenvalue weighted by Crippen LogP contribution is -2.50. The van der Waals surface area contributed by atoms with Gasteiger partial charge in [0.15, 0.2) is 5.96 Å². The second-order valence-corrected chi connectivity index (χ2v) is 8.42. The van der Waals surface area contributed by atoms with Crippen molar-refractivity contribution >= 4 is 23.7 Å². The van der Waals surface area contributed by atoms with E-state index in [1.165, 1.54) is 18.2 Å². The number of nitrogens with one attached hydrogen (secondary N) is 2. The van der Waals surface area contributed by atoms with Crippen LogP contribution < -0.4 is 22.1 Å². The van der Waals surface area contributed by atoms with Gasteiger partial charge in [-0.15, -0.1) is 0 Å². The maximum atomic E-state index is 13.1. The molecule has 0 spiro atoms. The third-order valence-electron chi connectivity index (χ3n) is 5.30. The Morgan fingerprint density at radius 1 is 1.03 bits per heavy atom. The lowest BCUT2D eigenvalue weighted by Gasteiger charge is -2.22. The molecule has 0 bridgehead atoms. The fraction of sp³-hybridized carbons (Fsp3) is 0.520. The number of phenolic OH excluding ortho intramolecular Hbond substituents is 1. The molecule has 1 aromatic carbocycles. The number of aromatic hydroxyl groups is 1. The van der Waals surface area contributed by atoms with E-state index >= 15 is 0 Å². The lowest BCUT2D eigenvalue weighted by atomic mass is 10.0. The zero-order valence-electron chi connectivity index (χ0n) is 20.4. The molecule has 2 amide bonds. The number of carbonyl (C=O) groups excluding carboxylic acids is 2. The number of aliphatic carboxylic acids is 1. The maximum Gasteiger partial charge on any atom is 0.328 e. The van der Waals surface area contributed by atoms with Crippen molar-refractivity contribution in [1.82, 2.24) is 10.6 Å². The zero-order valence-corrected chi connectivity index (χ0v) is 20.4. The van der Waals surface area contributed by atoms with Crippen molar-refractivity contribution in [3.05, 3.63) is 42.0 Å². The van der Waals surface area contributed by atoms with Gasteiger partial charge in [0.25, 0.3) is 0 Å². The highest BCUT2D eigenvalue weighted by atomic mass is 16.4. The quantitative estimate of drug-likeness (QED) is 0.0837. The van der Waals surface area contributed by atoms with Crippen molar-refractivity contribution in [3.63, 3.8) is 0 Å². The highest BCUT2D eigenvalue weighted by Crippen LogP contribution is 2.13. The van der Waals surface area contributed by atoms with Gasteiger partial charge in [-0.3, -0.25) is 14.6 Å². The number of carboxylic acids is 1. The first kappa shape index (κ1) is 29.5. The smallest absolute Gasteiger partial charge is 0.328 e. The Morgan fingerprint density at radius 2 is 1.71 bits per heavy atom. The Morgan fingerprint density at radius 3 is 2.34 bits per heavy atom. The van der Waals surface area contributed by atoms with Crippen LogP contribution in [0.5, 0.6) is 5.75 Å². The van der Waals surface area contributed by atoms with Crippen molar-refractivity contribution in [1.29, 1.82) is 0 Å². The summed E-state index contributed by atoms with van der Waals surface area (Å²) in [5, 5.41) is 24.2. The summed E-state index contributed by atoms with van der Waals surface area (Å²) in [5.41, 5.74) is 11.4. The van der Waals surface area contributed by atoms with Gasteiger partial charge in [0.1, 0.15) is 11.8 Å². The van der Waals surface area contributed by atoms with Gasteiger partial charge in [-0.1, -0.05) is 50.8 Å². The predicted molar refractivity (Wildman–Crippen MR) is 136 cm³/mol. The number of amides is 2. The predicted octanol–water partition coefficient (Wildman–Crippen LogP) is 1.96. The van der Waals surface area contributed by atoms with Gasteiger partial charge in [0.05, 0.1) is 0 Å². The summed E-state index contributed by atoms with van der Waals surface area (Å²) in [6.07, 6.45) is 8.83. The van der Waals surface area contributed by atoms with Crippen molar-refractivity contribution in [2.24, 2.45) is 16.5 Å². The third kappa shape index (κ3) is 14.3. The third-order valence-corrected chi connectivity index (χ3v) is 5.30. The Kier molecular flexibility index (Phi) is 14.3. The van der Waals surface area contributed by atoms with Crippen LogP contribution in [0, 0.1) is 0 Å². The van der Waals surface area contributed by atoms with Gasteiger partial charge in [0.2, 0.25) is 11.8 Å². The first-order valence-corrected chi connectivity index (χ1v) is 12.1. The number of rotatable bonds is 17. The van der Waals surface area contributed by atoms with E-state index in [1.54, 1.807) is 12.1 Å². The van der Waals surface area contributed by atoms with Gasteiger partial charge in [-0.05, 0) is 37.0 Å². The number of guanidine groups is 1. The Bertz CT molecular complexity index is 850. The standard InChI is InChI=1S/C25H39N5O5/c1-2-3-4-5-6-9-22(32)30-21(17-18-10-13-20(31)14-11-18)24(35)29-19(12-15-23(33)34)8-7-16-28-25(26)27/h10-15,19,21,31H,2-9,16-17H2,1H3,(H,29,35)(H,30,32)(H,33,34)(H4,26,27,28)/b15-12+/t19-,21-/m0/s1. The molecule has 0 fully saturated rings. The minimum absolute atomic E-state index is 0.0435. The van der Waals surface area contributed by atoms with Crippen LogP contribution in [0.4, 0.5) is 0 Å². The van der Waals surface area contributed by atoms with Crippen LogP contribution >= 0.6 is 0 Å². The Balaban J connectivity index is 2.87. The molecule has 0 heterocycles. The van der Waals surface area contributed by atoms with E-state index in [0.29, 0.717) is 25.8 Å². The van der Waals surface area contributed by atoms with E-state index in [9.17, 15) is 19.5 Å². The van der Waals surface area contributed by atoms with E-state index in [1.807, 2.05) is 0 Å². The molecular weight excluding hydrogens is 450 g/mol. The first-order valence-electron chi connectivity index (χ1n) is 12.1. The molecule has 0 aliphatic heterocycles. The van der Waals surface area contributed by atoms with Crippen LogP contribution in [0.1, 0.15) is 63.9 Å². The summed E-state index contributed by atoms with van der Waals surface area (Å²) in [6, 6.07) is 4.96. The molecule has 10 nitrogen and oxygen atoms in total. The van der Waals surface area contributed by atoms with E-state index in [-0.39, 0.29) is 24.0 Å². The van der Waals surface area contributed by atoms with E-state index in [2.05, 4.69) is 22.5 Å². The number of unbranched alkanes of at least 4 members (excludes halogenated alkanes) is 4. The SMILES string of the molecule is CCCCCCCC(=O)N[C@@H](Cc1ccc(O)cc1)C(=O)N[C@H](/C=C/C(=O)O)CCCN=C(N)N. The Hall–Kier alpha value is -3.56. The fourth-order valence-electron chi connectivity index (χ4n) is 3.45. The molecule has 0 radical (unpaired) electrons. The highest BCUT2D eigenvalue weighted by Gasteiger charge is 2.23. The minimum atomic E-state index is -1.13. The molecule has 35 heavy (non-hydrogen) atoms. The molecule has 0 saturated carbocycles. The molecule has 1 aromatic rings. The fourth-order valence-corrected chi connectivity index (χ4v) is 3.45. The second kappa shape index (κ2) is 17.0. The van der Waals surface area contributed by atoms with Crippen molar-refractivity contribution in [2.75, 3.05) is 6.54 Å². The molecular formula is C25H39N5O5. The summed E-state index contributed by atoms with van der Waals surface area (Å²) in [5.74, 6) is -1.72. The van der Waals surface area contributed by atoms with Crippen LogP contribution in [0.3, 0.4) is 0 Å². The summed E-state index contributed by atoms with van der Waals surface area (Å²) in [6.45, 7) is 2.46. The number of carboxylic acid groups (broad SMARTS) is 1. The molecule has 8 N–H and O–H groups in total. The number of hydrogen-bond donors (Lipinski definition) is 6. The van der Waals surface area contributed by atoms with Gasteiger partial charge in [-0.25, -0.2) is 4.79 Å². The van der Waals surface area contributed by atoms with Gasteiger partial charge >= 0.3 is 5.97 Å². The Labute approximate surface area is 206 Å². The summed E-state index contributed by atoms with van der Waals surface area (Å²) >= 11 is 0. The van der Waals surface area contributed by atoms with Crippen LogP contribution in [-0.4, -0.2) is 52.6 Å². The number of carbonyl (C=O) groups is 3. The average molecular weight is 490 g/mol. The second-order valence-electron chi connectivity index (χ2n) is 8.42. The van der Waals surface area contributed by atoms with Crippen LogP contribution in [0.2, 0.25) is 0 Å². The monoisotopic (exact) mass is 489 g/mol. The molecule has 0 saturated heterocycles. The largest absolute Gasteiger partial charge is 0.508 e. The number of hydrogen-bond acceptors (Lipinski definition) is 5. The molecule has 0 aromatic heterocycles. The normalized spacial score (nSPS) is 12.6. The molecule has 1 rings (SSSR count).